The predicted octanol–water partition coefficient (Wildman–Crippen LogP) is 1.69. The fourth-order valence-corrected chi connectivity index (χ4v) is 1.59. The molecule has 0 saturated heterocycles. The zero-order chi connectivity index (χ0) is 11.7. The van der Waals surface area contributed by atoms with Gasteiger partial charge in [-0.2, -0.15) is 0 Å². The molecule has 1 rings (SSSR count). The molecule has 0 N–H and O–H groups in total. The summed E-state index contributed by atoms with van der Waals surface area (Å²) >= 11 is 0. The van der Waals surface area contributed by atoms with Gasteiger partial charge >= 0.3 is 17.1 Å². The molecule has 0 aliphatic heterocycles. The van der Waals surface area contributed by atoms with Crippen LogP contribution in [-0.2, 0) is 21.6 Å². The van der Waals surface area contributed by atoms with Crippen LogP contribution in [0.5, 0.6) is 0 Å². The van der Waals surface area contributed by atoms with Gasteiger partial charge in [-0.05, 0) is 19.5 Å². The molecule has 3 nitrogen and oxygen atoms in total. The van der Waals surface area contributed by atoms with Gasteiger partial charge in [0, 0.05) is 0 Å². The van der Waals surface area contributed by atoms with Crippen LogP contribution in [0.4, 0.5) is 0 Å². The van der Waals surface area contributed by atoms with Gasteiger partial charge in [0.1, 0.15) is 0 Å². The van der Waals surface area contributed by atoms with Crippen molar-refractivity contribution in [2.75, 3.05) is 6.16 Å². The van der Waals surface area contributed by atoms with Crippen LogP contribution < -0.4 is 9.79 Å². The molecule has 0 unspecified atom stereocenters. The van der Waals surface area contributed by atoms with Gasteiger partial charge in [-0.25, -0.2) is 0 Å². The molecule has 0 aliphatic rings. The van der Waals surface area contributed by atoms with Crippen molar-refractivity contribution < 1.29 is 31.4 Å². The number of aryl methyl sites for hydroxylation is 1. The van der Waals surface area contributed by atoms with E-state index in [4.69, 9.17) is 0 Å². The Morgan fingerprint density at radius 2 is 1.69 bits per heavy atom. The largest absolute Gasteiger partial charge is 2.00 e. The quantitative estimate of drug-likeness (QED) is 0.629. The molecule has 0 aliphatic carbocycles. The average molecular weight is 292 g/mol. The fourth-order valence-electron chi connectivity index (χ4n) is 0.886. The molecule has 0 fully saturated rings. The number of unbranched alkanes of at least 4 members (excludes halogenated alkanes) is 1. The minimum absolute atomic E-state index is 0. The summed E-state index contributed by atoms with van der Waals surface area (Å²) in [4.78, 5) is 19.7. The van der Waals surface area contributed by atoms with Crippen LogP contribution in [0.15, 0.2) is 30.3 Å². The zero-order valence-corrected chi connectivity index (χ0v) is 11.3. The number of rotatable bonds is 3. The summed E-state index contributed by atoms with van der Waals surface area (Å²) in [5.41, 5.74) is 1.32. The Bertz CT molecular complexity index is 297. The van der Waals surface area contributed by atoms with Crippen LogP contribution in [0.2, 0.25) is 0 Å². The zero-order valence-electron chi connectivity index (χ0n) is 9.48. The van der Waals surface area contributed by atoms with E-state index >= 15 is 0 Å². The minimum atomic E-state index is -4.18. The van der Waals surface area contributed by atoms with Crippen molar-refractivity contribution in [1.82, 2.24) is 0 Å². The molecule has 1 aromatic rings. The van der Waals surface area contributed by atoms with E-state index in [1.54, 1.807) is 0 Å². The maximum Gasteiger partial charge on any atom is 2.00 e. The second-order valence-electron chi connectivity index (χ2n) is 3.34. The molecule has 0 aromatic heterocycles. The van der Waals surface area contributed by atoms with Crippen molar-refractivity contribution in [3.8, 4) is 0 Å². The van der Waals surface area contributed by atoms with Crippen LogP contribution >= 0.6 is 7.60 Å². The molecule has 0 heterocycles. The number of hydrogen-bond donors (Lipinski definition) is 0. The van der Waals surface area contributed by atoms with Gasteiger partial charge in [0.05, 0.1) is 0 Å². The normalized spacial score (nSPS) is 9.75. The monoisotopic (exact) mass is 291 g/mol. The van der Waals surface area contributed by atoms with E-state index < -0.39 is 7.60 Å². The average Bonchev–Trinajstić information content (AvgIpc) is 2.16. The Morgan fingerprint density at radius 3 is 1.88 bits per heavy atom. The Kier molecular flexibility index (Phi) is 11.5. The molecule has 1 radical (unpaired) electrons. The Hall–Kier alpha value is -0.111. The van der Waals surface area contributed by atoms with Gasteiger partial charge in [0.2, 0.25) is 0 Å². The summed E-state index contributed by atoms with van der Waals surface area (Å²) in [5, 5.41) is 0. The van der Waals surface area contributed by atoms with Crippen LogP contribution in [0.1, 0.15) is 25.3 Å². The van der Waals surface area contributed by atoms with Crippen molar-refractivity contribution in [3.05, 3.63) is 35.9 Å². The van der Waals surface area contributed by atoms with Crippen molar-refractivity contribution >= 4 is 7.60 Å². The molecule has 0 bridgehead atoms. The third-order valence-electron chi connectivity index (χ3n) is 1.73. The van der Waals surface area contributed by atoms with Crippen LogP contribution in [0.25, 0.3) is 0 Å². The van der Waals surface area contributed by atoms with Crippen LogP contribution in [0, 0.1) is 6.92 Å². The second kappa shape index (κ2) is 10.1. The maximum absolute atomic E-state index is 9.86. The Balaban J connectivity index is 0. The third-order valence-corrected chi connectivity index (χ3v) is 2.59. The van der Waals surface area contributed by atoms with Crippen molar-refractivity contribution in [2.45, 2.75) is 26.7 Å². The number of hydrogen-bond acceptors (Lipinski definition) is 3. The summed E-state index contributed by atoms with van der Waals surface area (Å²) in [6.45, 7) is 3.93. The summed E-state index contributed by atoms with van der Waals surface area (Å²) in [6, 6.07) is 10.3. The van der Waals surface area contributed by atoms with Gasteiger partial charge < -0.3 is 14.4 Å². The standard InChI is InChI=1S/C7H8.C4H11O3P.Cu/c1-7-5-3-2-4-6-7;1-2-3-4-8(5,6)7;/h2-6H,1H3;2-4H2,1H3,(H2,5,6,7);/q;;+2/p-2. The Morgan fingerprint density at radius 1 is 1.19 bits per heavy atom. The minimum Gasteiger partial charge on any atom is -0.811 e. The first-order valence-electron chi connectivity index (χ1n) is 4.98. The molecular weight excluding hydrogens is 275 g/mol. The van der Waals surface area contributed by atoms with Gasteiger partial charge in [-0.15, -0.1) is 0 Å². The molecule has 16 heavy (non-hydrogen) atoms. The smallest absolute Gasteiger partial charge is 0.811 e. The van der Waals surface area contributed by atoms with Gasteiger partial charge in [0.15, 0.2) is 0 Å². The van der Waals surface area contributed by atoms with Crippen molar-refractivity contribution in [1.29, 1.82) is 0 Å². The topological polar surface area (TPSA) is 63.2 Å². The van der Waals surface area contributed by atoms with Crippen molar-refractivity contribution in [2.24, 2.45) is 0 Å². The molecule has 0 saturated carbocycles. The van der Waals surface area contributed by atoms with E-state index in [-0.39, 0.29) is 23.2 Å². The van der Waals surface area contributed by atoms with E-state index in [2.05, 4.69) is 19.1 Å². The van der Waals surface area contributed by atoms with Gasteiger partial charge in [-0.3, -0.25) is 0 Å². The van der Waals surface area contributed by atoms with E-state index in [1.807, 2.05) is 25.1 Å². The van der Waals surface area contributed by atoms with Crippen LogP contribution in [0.3, 0.4) is 0 Å². The SMILES string of the molecule is CCCCP(=O)([O-])[O-].Cc1ccccc1.[Cu+2]. The van der Waals surface area contributed by atoms with Gasteiger partial charge in [-0.1, -0.05) is 56.8 Å². The number of benzene rings is 1. The maximum atomic E-state index is 9.86. The first-order valence-corrected chi connectivity index (χ1v) is 6.71. The molecule has 5 heteroatoms. The second-order valence-corrected chi connectivity index (χ2v) is 5.01. The molecule has 0 atom stereocenters. The summed E-state index contributed by atoms with van der Waals surface area (Å²) < 4.78 is 9.86. The van der Waals surface area contributed by atoms with E-state index in [1.165, 1.54) is 5.56 Å². The molecule has 95 valence electrons. The molecule has 1 aromatic carbocycles. The first-order chi connectivity index (χ1) is 6.95. The summed E-state index contributed by atoms with van der Waals surface area (Å²) in [5.74, 6) is 0. The molecular formula is C11H17CuO3P. The van der Waals surface area contributed by atoms with E-state index in [9.17, 15) is 14.4 Å². The Labute approximate surface area is 108 Å². The van der Waals surface area contributed by atoms with E-state index in [0.29, 0.717) is 6.42 Å². The molecule has 0 amide bonds. The first kappa shape index (κ1) is 18.3. The third kappa shape index (κ3) is 13.9. The van der Waals surface area contributed by atoms with Gasteiger partial charge in [0.25, 0.3) is 0 Å². The summed E-state index contributed by atoms with van der Waals surface area (Å²) in [7, 11) is -4.18. The van der Waals surface area contributed by atoms with E-state index in [0.717, 1.165) is 6.42 Å². The molecule has 0 spiro atoms. The van der Waals surface area contributed by atoms with Crippen LogP contribution in [-0.4, -0.2) is 6.16 Å². The fraction of sp³-hybridized carbons (Fsp3) is 0.455. The van der Waals surface area contributed by atoms with Crippen molar-refractivity contribution in [3.63, 3.8) is 0 Å². The summed E-state index contributed by atoms with van der Waals surface area (Å²) in [6.07, 6.45) is 1.06. The predicted molar refractivity (Wildman–Crippen MR) is 58.6 cm³/mol.